The zero-order chi connectivity index (χ0) is 40.1. The quantitative estimate of drug-likeness (QED) is 0.0891. The van der Waals surface area contributed by atoms with E-state index in [0.717, 1.165) is 5.69 Å². The number of carbonyl (C=O) groups is 6. The number of ketones is 3. The lowest BCUT2D eigenvalue weighted by Gasteiger charge is -2.28. The zero-order valence-corrected chi connectivity index (χ0v) is 33.8. The third-order valence-corrected chi connectivity index (χ3v) is 10.1. The van der Waals surface area contributed by atoms with Crippen molar-refractivity contribution in [1.82, 2.24) is 20.5 Å². The summed E-state index contributed by atoms with van der Waals surface area (Å²) in [5, 5.41) is 5.88. The van der Waals surface area contributed by atoms with Gasteiger partial charge in [-0.05, 0) is 105 Å². The second kappa shape index (κ2) is 20.9. The predicted molar refractivity (Wildman–Crippen MR) is 209 cm³/mol. The van der Waals surface area contributed by atoms with Crippen molar-refractivity contribution >= 4 is 35.3 Å². The van der Waals surface area contributed by atoms with Gasteiger partial charge < -0.3 is 20.3 Å². The molecule has 2 heterocycles. The highest BCUT2D eigenvalue weighted by molar-refractivity contribution is 6.24. The van der Waals surface area contributed by atoms with Crippen molar-refractivity contribution in [1.29, 1.82) is 0 Å². The van der Waals surface area contributed by atoms with E-state index < -0.39 is 24.0 Å². The normalized spacial score (nSPS) is 18.2. The van der Waals surface area contributed by atoms with Crippen molar-refractivity contribution in [3.8, 4) is 0 Å². The fourth-order valence-corrected chi connectivity index (χ4v) is 7.18. The van der Waals surface area contributed by atoms with Gasteiger partial charge in [0.1, 0.15) is 0 Å². The summed E-state index contributed by atoms with van der Waals surface area (Å²) in [6.07, 6.45) is 8.70. The molecule has 1 aromatic rings. The smallest absolute Gasteiger partial charge is 0.407 e. The average Bonchev–Trinajstić information content (AvgIpc) is 3.60. The van der Waals surface area contributed by atoms with Crippen LogP contribution in [0.5, 0.6) is 0 Å². The maximum atomic E-state index is 14.4. The molecule has 4 atom stereocenters. The van der Waals surface area contributed by atoms with Gasteiger partial charge in [0.25, 0.3) is 0 Å². The molecule has 54 heavy (non-hydrogen) atoms. The SMILES string of the molecule is CC1=C(C)C(=O)C(CCCC[C@H](CC(=O)[C@@H]2CCCN2C(=O)[C@H](/C=C/[C@H](CC(C)C)NC(=O)OC(C)C)Cc2ccccn2)C(=O)NC(C)C)=C(C)C1=O. The van der Waals surface area contributed by atoms with Gasteiger partial charge in [0.15, 0.2) is 17.3 Å². The molecule has 1 aliphatic carbocycles. The van der Waals surface area contributed by atoms with Gasteiger partial charge in [0, 0.05) is 65.5 Å². The predicted octanol–water partition coefficient (Wildman–Crippen LogP) is 6.80. The van der Waals surface area contributed by atoms with Gasteiger partial charge in [-0.3, -0.25) is 29.0 Å². The number of alkyl carbamates (subject to hydrolysis) is 1. The van der Waals surface area contributed by atoms with Crippen LogP contribution in [-0.2, 0) is 35.1 Å². The standard InChI is InChI=1S/C43H62N4O7/c1-26(2)23-35(46-43(53)54-28(5)6)20-19-33(24-34-16-12-13-21-44-34)42(52)47-22-14-18-37(47)38(48)25-32(41(51)45-27(3)4)15-10-11-17-36-31(9)39(49)29(7)30(8)40(36)50/h12-13,16,19-21,26-28,32-33,35,37H,10-11,14-15,17-18,22-25H2,1-9H3,(H,45,51)(H,46,53)/b20-19+/t32-,33-,35-,37+/m1/s1. The minimum atomic E-state index is -0.659. The monoisotopic (exact) mass is 746 g/mol. The molecule has 0 unspecified atom stereocenters. The number of unbranched alkanes of at least 4 members (excludes halogenated alkanes) is 1. The van der Waals surface area contributed by atoms with Crippen LogP contribution < -0.4 is 10.6 Å². The summed E-state index contributed by atoms with van der Waals surface area (Å²) >= 11 is 0. The van der Waals surface area contributed by atoms with Gasteiger partial charge in [-0.2, -0.15) is 0 Å². The lowest BCUT2D eigenvalue weighted by Crippen LogP contribution is -2.45. The molecule has 0 radical (unpaired) electrons. The minimum absolute atomic E-state index is 0.00767. The Kier molecular flexibility index (Phi) is 17.0. The molecule has 3 rings (SSSR count). The first-order valence-corrected chi connectivity index (χ1v) is 19.7. The summed E-state index contributed by atoms with van der Waals surface area (Å²) in [7, 11) is 0. The summed E-state index contributed by atoms with van der Waals surface area (Å²) in [4.78, 5) is 86.0. The highest BCUT2D eigenvalue weighted by Gasteiger charge is 2.38. The fourth-order valence-electron chi connectivity index (χ4n) is 7.18. The third kappa shape index (κ3) is 12.9. The Morgan fingerprint density at radius 2 is 1.63 bits per heavy atom. The largest absolute Gasteiger partial charge is 0.447 e. The zero-order valence-electron chi connectivity index (χ0n) is 33.8. The van der Waals surface area contributed by atoms with E-state index in [-0.39, 0.29) is 59.7 Å². The Balaban J connectivity index is 1.78. The molecule has 296 valence electrons. The fraction of sp³-hybridized carbons (Fsp3) is 0.605. The molecule has 1 saturated heterocycles. The average molecular weight is 747 g/mol. The molecule has 1 fully saturated rings. The Morgan fingerprint density at radius 3 is 2.26 bits per heavy atom. The number of nitrogens with one attached hydrogen (secondary N) is 2. The van der Waals surface area contributed by atoms with Crippen molar-refractivity contribution in [2.75, 3.05) is 6.54 Å². The van der Waals surface area contributed by atoms with Crippen molar-refractivity contribution in [3.63, 3.8) is 0 Å². The molecule has 2 N–H and O–H groups in total. The molecular formula is C43H62N4O7. The number of rotatable bonds is 19. The number of likely N-dealkylation sites (tertiary alicyclic amines) is 1. The lowest BCUT2D eigenvalue weighted by molar-refractivity contribution is -0.140. The van der Waals surface area contributed by atoms with Crippen molar-refractivity contribution in [2.24, 2.45) is 17.8 Å². The molecule has 0 aromatic carbocycles. The van der Waals surface area contributed by atoms with Crippen LogP contribution >= 0.6 is 0 Å². The number of Topliss-reactive ketones (excluding diaryl/α,β-unsaturated/α-hetero) is 3. The summed E-state index contributed by atoms with van der Waals surface area (Å²) in [5.41, 5.74) is 2.70. The molecule has 1 aliphatic heterocycles. The summed E-state index contributed by atoms with van der Waals surface area (Å²) in [5.74, 6) is -1.74. The first-order chi connectivity index (χ1) is 25.5. The number of hydrogen-bond acceptors (Lipinski definition) is 8. The topological polar surface area (TPSA) is 152 Å². The van der Waals surface area contributed by atoms with Gasteiger partial charge in [0.2, 0.25) is 11.8 Å². The van der Waals surface area contributed by atoms with E-state index in [1.807, 2.05) is 44.2 Å². The second-order valence-electron chi connectivity index (χ2n) is 15.8. The lowest BCUT2D eigenvalue weighted by atomic mass is 9.83. The van der Waals surface area contributed by atoms with E-state index in [0.29, 0.717) is 80.2 Å². The number of aromatic nitrogens is 1. The van der Waals surface area contributed by atoms with Crippen LogP contribution in [0.25, 0.3) is 0 Å². The van der Waals surface area contributed by atoms with Crippen LogP contribution in [0.2, 0.25) is 0 Å². The summed E-state index contributed by atoms with van der Waals surface area (Å²) in [6, 6.07) is 4.40. The number of amides is 3. The van der Waals surface area contributed by atoms with Gasteiger partial charge in [0.05, 0.1) is 24.1 Å². The van der Waals surface area contributed by atoms with E-state index in [1.165, 1.54) is 0 Å². The third-order valence-electron chi connectivity index (χ3n) is 10.1. The van der Waals surface area contributed by atoms with Crippen LogP contribution in [0.15, 0.2) is 58.8 Å². The van der Waals surface area contributed by atoms with Crippen LogP contribution in [0.4, 0.5) is 4.79 Å². The maximum Gasteiger partial charge on any atom is 0.407 e. The molecular weight excluding hydrogens is 684 g/mol. The Morgan fingerprint density at radius 1 is 0.926 bits per heavy atom. The number of allylic oxidation sites excluding steroid dienone is 4. The molecule has 11 nitrogen and oxygen atoms in total. The van der Waals surface area contributed by atoms with Crippen LogP contribution in [0.1, 0.15) is 119 Å². The van der Waals surface area contributed by atoms with Crippen molar-refractivity contribution in [3.05, 3.63) is 64.5 Å². The van der Waals surface area contributed by atoms with E-state index in [9.17, 15) is 28.8 Å². The van der Waals surface area contributed by atoms with Gasteiger partial charge in [-0.25, -0.2) is 4.79 Å². The second-order valence-corrected chi connectivity index (χ2v) is 15.8. The van der Waals surface area contributed by atoms with Crippen LogP contribution in [0, 0.1) is 17.8 Å². The van der Waals surface area contributed by atoms with Crippen LogP contribution in [-0.4, -0.2) is 75.9 Å². The van der Waals surface area contributed by atoms with E-state index in [4.69, 9.17) is 4.74 Å². The summed E-state index contributed by atoms with van der Waals surface area (Å²) in [6.45, 7) is 16.9. The molecule has 0 spiro atoms. The molecule has 2 aliphatic rings. The molecule has 0 saturated carbocycles. The molecule has 1 aromatic heterocycles. The Hall–Kier alpha value is -4.41. The molecule has 11 heteroatoms. The van der Waals surface area contributed by atoms with E-state index >= 15 is 0 Å². The first kappa shape index (κ1) is 44.0. The Bertz CT molecular complexity index is 1610. The van der Waals surface area contributed by atoms with Crippen molar-refractivity contribution < 1.29 is 33.5 Å². The first-order valence-electron chi connectivity index (χ1n) is 19.7. The molecule has 0 bridgehead atoms. The minimum Gasteiger partial charge on any atom is -0.447 e. The van der Waals surface area contributed by atoms with Gasteiger partial charge in [-0.15, -0.1) is 0 Å². The van der Waals surface area contributed by atoms with Gasteiger partial charge in [-0.1, -0.05) is 38.5 Å². The maximum absolute atomic E-state index is 14.4. The number of pyridine rings is 1. The summed E-state index contributed by atoms with van der Waals surface area (Å²) < 4.78 is 5.32. The highest BCUT2D eigenvalue weighted by atomic mass is 16.6. The Labute approximate surface area is 321 Å². The van der Waals surface area contributed by atoms with E-state index in [2.05, 4.69) is 29.5 Å². The number of hydrogen-bond donors (Lipinski definition) is 2. The highest BCUT2D eigenvalue weighted by Crippen LogP contribution is 2.30. The number of ether oxygens (including phenoxy) is 1. The number of nitrogens with zero attached hydrogens (tertiary/aromatic N) is 2. The molecule has 3 amide bonds. The van der Waals surface area contributed by atoms with Crippen LogP contribution in [0.3, 0.4) is 0 Å². The van der Waals surface area contributed by atoms with E-state index in [1.54, 1.807) is 45.7 Å². The van der Waals surface area contributed by atoms with Gasteiger partial charge >= 0.3 is 6.09 Å². The van der Waals surface area contributed by atoms with Crippen molar-refractivity contribution in [2.45, 2.75) is 144 Å². The number of carbonyl (C=O) groups excluding carboxylic acids is 6.